The van der Waals surface area contributed by atoms with Gasteiger partial charge in [-0.25, -0.2) is 0 Å². The molecule has 0 rings (SSSR count). The van der Waals surface area contributed by atoms with E-state index in [9.17, 15) is 9.59 Å². The first kappa shape index (κ1) is 14.1. The van der Waals surface area contributed by atoms with Gasteiger partial charge in [0.2, 0.25) is 0 Å². The Morgan fingerprint density at radius 3 is 2.33 bits per heavy atom. The summed E-state index contributed by atoms with van der Waals surface area (Å²) < 4.78 is 4.62. The number of carbonyl (C=O) groups is 2. The van der Waals surface area contributed by atoms with Gasteiger partial charge in [-0.05, 0) is 26.7 Å². The number of hydrogen-bond acceptors (Lipinski definition) is 4. The molecular formula is C11H20O4. The lowest BCUT2D eigenvalue weighted by molar-refractivity contribution is -0.147. The molecule has 0 saturated carbocycles. The maximum Gasteiger partial charge on any atom is 0.309 e. The first-order valence-corrected chi connectivity index (χ1v) is 5.22. The fourth-order valence-corrected chi connectivity index (χ4v) is 1.48. The summed E-state index contributed by atoms with van der Waals surface area (Å²) in [7, 11) is 1.32. The van der Waals surface area contributed by atoms with E-state index in [1.165, 1.54) is 14.0 Å². The van der Waals surface area contributed by atoms with Gasteiger partial charge in [0.1, 0.15) is 5.78 Å². The van der Waals surface area contributed by atoms with Crippen molar-refractivity contribution >= 4 is 11.8 Å². The van der Waals surface area contributed by atoms with Crippen LogP contribution < -0.4 is 0 Å². The molecule has 0 aromatic rings. The number of esters is 1. The minimum Gasteiger partial charge on any atom is -0.469 e. The van der Waals surface area contributed by atoms with E-state index >= 15 is 0 Å². The van der Waals surface area contributed by atoms with Crippen molar-refractivity contribution in [3.8, 4) is 0 Å². The van der Waals surface area contributed by atoms with Gasteiger partial charge in [0.05, 0.1) is 19.1 Å². The molecule has 1 N–H and O–H groups in total. The third kappa shape index (κ3) is 7.08. The van der Waals surface area contributed by atoms with Gasteiger partial charge in [0.25, 0.3) is 0 Å². The zero-order valence-corrected chi connectivity index (χ0v) is 9.66. The van der Waals surface area contributed by atoms with E-state index in [2.05, 4.69) is 4.74 Å². The molecule has 2 atom stereocenters. The SMILES string of the molecule is COC(=O)C(CCCC(C)O)CC(C)=O. The smallest absolute Gasteiger partial charge is 0.309 e. The highest BCUT2D eigenvalue weighted by Crippen LogP contribution is 2.15. The molecule has 0 saturated heterocycles. The Labute approximate surface area is 90.6 Å². The summed E-state index contributed by atoms with van der Waals surface area (Å²) in [6.07, 6.45) is 1.83. The second kappa shape index (κ2) is 7.40. The van der Waals surface area contributed by atoms with Crippen LogP contribution in [0.5, 0.6) is 0 Å². The lowest BCUT2D eigenvalue weighted by atomic mass is 9.96. The lowest BCUT2D eigenvalue weighted by Gasteiger charge is -2.13. The van der Waals surface area contributed by atoms with Crippen molar-refractivity contribution in [2.75, 3.05) is 7.11 Å². The standard InChI is InChI=1S/C11H20O4/c1-8(12)5-4-6-10(7-9(2)13)11(14)15-3/h8,10,12H,4-7H2,1-3H3. The largest absolute Gasteiger partial charge is 0.469 e. The highest BCUT2D eigenvalue weighted by atomic mass is 16.5. The predicted molar refractivity (Wildman–Crippen MR) is 56.3 cm³/mol. The van der Waals surface area contributed by atoms with Gasteiger partial charge in [-0.3, -0.25) is 4.79 Å². The second-order valence-corrected chi connectivity index (χ2v) is 3.91. The van der Waals surface area contributed by atoms with E-state index in [-0.39, 0.29) is 30.2 Å². The Balaban J connectivity index is 4.01. The van der Waals surface area contributed by atoms with Gasteiger partial charge in [-0.1, -0.05) is 6.42 Å². The van der Waals surface area contributed by atoms with Crippen molar-refractivity contribution in [1.82, 2.24) is 0 Å². The van der Waals surface area contributed by atoms with Crippen LogP contribution in [-0.2, 0) is 14.3 Å². The van der Waals surface area contributed by atoms with Gasteiger partial charge in [-0.15, -0.1) is 0 Å². The molecular weight excluding hydrogens is 196 g/mol. The maximum atomic E-state index is 11.3. The average molecular weight is 216 g/mol. The number of ether oxygens (including phenoxy) is 1. The molecule has 4 heteroatoms. The van der Waals surface area contributed by atoms with Gasteiger partial charge >= 0.3 is 5.97 Å². The minimum atomic E-state index is -0.361. The van der Waals surface area contributed by atoms with Crippen molar-refractivity contribution in [2.45, 2.75) is 45.6 Å². The van der Waals surface area contributed by atoms with E-state index in [4.69, 9.17) is 5.11 Å². The first-order valence-electron chi connectivity index (χ1n) is 5.22. The third-order valence-electron chi connectivity index (χ3n) is 2.24. The van der Waals surface area contributed by atoms with Crippen molar-refractivity contribution in [1.29, 1.82) is 0 Å². The van der Waals surface area contributed by atoms with Crippen LogP contribution >= 0.6 is 0 Å². The van der Waals surface area contributed by atoms with E-state index in [1.54, 1.807) is 6.92 Å². The van der Waals surface area contributed by atoms with Gasteiger partial charge in [0, 0.05) is 6.42 Å². The Hall–Kier alpha value is -0.900. The maximum absolute atomic E-state index is 11.3. The summed E-state index contributed by atoms with van der Waals surface area (Å²) >= 11 is 0. The molecule has 0 aromatic heterocycles. The number of carbonyl (C=O) groups excluding carboxylic acids is 2. The topological polar surface area (TPSA) is 63.6 Å². The molecule has 0 bridgehead atoms. The molecule has 0 aromatic carbocycles. The number of aliphatic hydroxyl groups excluding tert-OH is 1. The number of hydrogen-bond donors (Lipinski definition) is 1. The Morgan fingerprint density at radius 1 is 1.33 bits per heavy atom. The molecule has 0 amide bonds. The normalized spacial score (nSPS) is 14.4. The van der Waals surface area contributed by atoms with E-state index in [0.717, 1.165) is 6.42 Å². The minimum absolute atomic E-state index is 0.0116. The number of rotatable bonds is 7. The number of methoxy groups -OCH3 is 1. The molecule has 15 heavy (non-hydrogen) atoms. The monoisotopic (exact) mass is 216 g/mol. The zero-order chi connectivity index (χ0) is 11.8. The molecule has 0 radical (unpaired) electrons. The zero-order valence-electron chi connectivity index (χ0n) is 9.66. The van der Waals surface area contributed by atoms with Crippen LogP contribution in [0, 0.1) is 5.92 Å². The fourth-order valence-electron chi connectivity index (χ4n) is 1.48. The second-order valence-electron chi connectivity index (χ2n) is 3.91. The predicted octanol–water partition coefficient (Wildman–Crippen LogP) is 1.31. The summed E-state index contributed by atoms with van der Waals surface area (Å²) in [6.45, 7) is 3.17. The van der Waals surface area contributed by atoms with Crippen molar-refractivity contribution < 1.29 is 19.4 Å². The number of ketones is 1. The molecule has 88 valence electrons. The van der Waals surface area contributed by atoms with E-state index < -0.39 is 0 Å². The summed E-state index contributed by atoms with van der Waals surface area (Å²) in [5.74, 6) is -0.704. The molecule has 0 fully saturated rings. The quantitative estimate of drug-likeness (QED) is 0.652. The van der Waals surface area contributed by atoms with Gasteiger partial charge in [0.15, 0.2) is 0 Å². The molecule has 4 nitrogen and oxygen atoms in total. The van der Waals surface area contributed by atoms with E-state index in [0.29, 0.717) is 12.8 Å². The fraction of sp³-hybridized carbons (Fsp3) is 0.818. The van der Waals surface area contributed by atoms with Crippen LogP contribution in [0.3, 0.4) is 0 Å². The van der Waals surface area contributed by atoms with Gasteiger partial charge in [-0.2, -0.15) is 0 Å². The molecule has 0 spiro atoms. The molecule has 0 aliphatic carbocycles. The molecule has 0 aliphatic heterocycles. The summed E-state index contributed by atoms with van der Waals surface area (Å²) in [4.78, 5) is 22.2. The lowest BCUT2D eigenvalue weighted by Crippen LogP contribution is -2.19. The van der Waals surface area contributed by atoms with Crippen LogP contribution in [0.2, 0.25) is 0 Å². The van der Waals surface area contributed by atoms with Crippen molar-refractivity contribution in [3.05, 3.63) is 0 Å². The van der Waals surface area contributed by atoms with Crippen LogP contribution in [-0.4, -0.2) is 30.1 Å². The highest BCUT2D eigenvalue weighted by molar-refractivity contribution is 5.82. The van der Waals surface area contributed by atoms with Crippen molar-refractivity contribution in [3.63, 3.8) is 0 Å². The van der Waals surface area contributed by atoms with Crippen LogP contribution in [0.15, 0.2) is 0 Å². The van der Waals surface area contributed by atoms with Crippen molar-refractivity contribution in [2.24, 2.45) is 5.92 Å². The average Bonchev–Trinajstić information content (AvgIpc) is 2.14. The highest BCUT2D eigenvalue weighted by Gasteiger charge is 2.20. The molecule has 2 unspecified atom stereocenters. The summed E-state index contributed by atoms with van der Waals surface area (Å²) in [6, 6.07) is 0. The Morgan fingerprint density at radius 2 is 1.93 bits per heavy atom. The molecule has 0 aliphatic rings. The Kier molecular flexibility index (Phi) is 6.96. The third-order valence-corrected chi connectivity index (χ3v) is 2.24. The number of aliphatic hydroxyl groups is 1. The van der Waals surface area contributed by atoms with Crippen LogP contribution in [0.25, 0.3) is 0 Å². The molecule has 0 heterocycles. The van der Waals surface area contributed by atoms with E-state index in [1.807, 2.05) is 0 Å². The summed E-state index contributed by atoms with van der Waals surface area (Å²) in [5.41, 5.74) is 0. The van der Waals surface area contributed by atoms with Crippen LogP contribution in [0.4, 0.5) is 0 Å². The van der Waals surface area contributed by atoms with Crippen LogP contribution in [0.1, 0.15) is 39.5 Å². The Bertz CT molecular complexity index is 211. The van der Waals surface area contributed by atoms with Gasteiger partial charge < -0.3 is 14.6 Å². The first-order chi connectivity index (χ1) is 6.97. The summed E-state index contributed by atoms with van der Waals surface area (Å²) in [5, 5.41) is 9.06. The number of Topliss-reactive ketones (excluding diaryl/α,β-unsaturated/α-hetero) is 1.